The summed E-state index contributed by atoms with van der Waals surface area (Å²) in [6.45, 7) is 0.391. The molecule has 0 aromatic heterocycles. The highest BCUT2D eigenvalue weighted by atomic mass is 31.1. The van der Waals surface area contributed by atoms with Gasteiger partial charge in [-0.25, -0.2) is 0 Å². The maximum absolute atomic E-state index is 10.2. The highest BCUT2D eigenvalue weighted by Gasteiger charge is 2.08. The van der Waals surface area contributed by atoms with Crippen LogP contribution in [-0.4, -0.2) is 11.2 Å². The average Bonchev–Trinajstić information content (AvgIpc) is 2.05. The molecule has 0 aliphatic heterocycles. The Morgan fingerprint density at radius 3 is 2.58 bits per heavy atom. The predicted molar refractivity (Wildman–Crippen MR) is 45.9 cm³/mol. The molecule has 0 amide bonds. The molecule has 0 aliphatic carbocycles. The first-order chi connectivity index (χ1) is 5.79. The quantitative estimate of drug-likeness (QED) is 0.728. The number of hydrogen-bond donors (Lipinski definition) is 1. The molecule has 1 N–H and O–H groups in total. The van der Waals surface area contributed by atoms with Crippen LogP contribution in [0.3, 0.4) is 0 Å². The summed E-state index contributed by atoms with van der Waals surface area (Å²) in [5.41, 5.74) is 1.01. The number of rotatable bonds is 4. The first kappa shape index (κ1) is 9.33. The largest absolute Gasteiger partial charge is 0.534 e. The normalized spacial score (nSPS) is 11.2. The van der Waals surface area contributed by atoms with Crippen LogP contribution in [0.4, 0.5) is 0 Å². The van der Waals surface area contributed by atoms with Crippen molar-refractivity contribution in [3.05, 3.63) is 35.9 Å². The summed E-state index contributed by atoms with van der Waals surface area (Å²) in [6, 6.07) is 9.53. The van der Waals surface area contributed by atoms with Gasteiger partial charge in [-0.3, -0.25) is 0 Å². The molecule has 0 heterocycles. The highest BCUT2D eigenvalue weighted by molar-refractivity contribution is 7.37. The van der Waals surface area contributed by atoms with E-state index in [2.05, 4.69) is 0 Å². The minimum Gasteiger partial charge on any atom is -0.330 e. The Morgan fingerprint density at radius 1 is 1.33 bits per heavy atom. The lowest BCUT2D eigenvalue weighted by Crippen LogP contribution is -1.90. The smallest absolute Gasteiger partial charge is 0.330 e. The van der Waals surface area contributed by atoms with E-state index in [4.69, 9.17) is 9.63 Å². The van der Waals surface area contributed by atoms with E-state index in [0.29, 0.717) is 6.61 Å². The Hall–Kier alpha value is -0.760. The van der Waals surface area contributed by atoms with Crippen LogP contribution in [-0.2, 0) is 15.9 Å². The van der Waals surface area contributed by atoms with Crippen molar-refractivity contribution in [1.29, 1.82) is 0 Å². The third-order valence-corrected chi connectivity index (χ3v) is 1.72. The van der Waals surface area contributed by atoms with Crippen molar-refractivity contribution in [2.75, 3.05) is 6.35 Å². The minimum atomic E-state index is -2.17. The highest BCUT2D eigenvalue weighted by Crippen LogP contribution is 2.13. The summed E-state index contributed by atoms with van der Waals surface area (Å²) in [5, 5.41) is 0. The number of ether oxygens (including phenoxy) is 1. The van der Waals surface area contributed by atoms with Gasteiger partial charge in [0.1, 0.15) is 0 Å². The van der Waals surface area contributed by atoms with Crippen molar-refractivity contribution >= 4 is 8.03 Å². The zero-order chi connectivity index (χ0) is 8.81. The summed E-state index contributed by atoms with van der Waals surface area (Å²) in [6.07, 6.45) is -0.0930. The second-order valence-corrected chi connectivity index (χ2v) is 3.28. The van der Waals surface area contributed by atoms with E-state index in [0.717, 1.165) is 5.56 Å². The van der Waals surface area contributed by atoms with Gasteiger partial charge in [-0.2, -0.15) is 4.89 Å². The first-order valence-electron chi connectivity index (χ1n) is 3.54. The van der Waals surface area contributed by atoms with Crippen LogP contribution in [0.25, 0.3) is 0 Å². The summed E-state index contributed by atoms with van der Waals surface area (Å²) < 4.78 is 15.2. The third-order valence-electron chi connectivity index (χ3n) is 1.31. The summed E-state index contributed by atoms with van der Waals surface area (Å²) in [7, 11) is -2.17. The Morgan fingerprint density at radius 2 is 2.00 bits per heavy atom. The number of hydrogen-bond acceptors (Lipinski definition) is 2. The van der Waals surface area contributed by atoms with Crippen LogP contribution in [0, 0.1) is 0 Å². The first-order valence-corrected chi connectivity index (χ1v) is 4.94. The maximum Gasteiger partial charge on any atom is 0.534 e. The molecule has 64 valence electrons. The van der Waals surface area contributed by atoms with Crippen molar-refractivity contribution in [3.63, 3.8) is 0 Å². The average molecular weight is 185 g/mol. The van der Waals surface area contributed by atoms with Crippen LogP contribution in [0.15, 0.2) is 30.3 Å². The molecule has 0 saturated heterocycles. The molecular formula is C8H10O3P+. The maximum atomic E-state index is 10.2. The lowest BCUT2D eigenvalue weighted by atomic mass is 10.2. The molecule has 1 rings (SSSR count). The molecule has 12 heavy (non-hydrogen) atoms. The van der Waals surface area contributed by atoms with Gasteiger partial charge in [0, 0.05) is 0 Å². The molecule has 0 aliphatic rings. The van der Waals surface area contributed by atoms with Crippen molar-refractivity contribution in [2.45, 2.75) is 6.61 Å². The van der Waals surface area contributed by atoms with Crippen molar-refractivity contribution in [3.8, 4) is 0 Å². The Balaban J connectivity index is 2.29. The molecule has 1 aromatic carbocycles. The van der Waals surface area contributed by atoms with Crippen LogP contribution in [0.5, 0.6) is 0 Å². The van der Waals surface area contributed by atoms with Gasteiger partial charge in [-0.05, 0) is 10.1 Å². The second-order valence-electron chi connectivity index (χ2n) is 2.32. The van der Waals surface area contributed by atoms with Gasteiger partial charge in [-0.15, -0.1) is 0 Å². The van der Waals surface area contributed by atoms with Crippen molar-refractivity contribution in [1.82, 2.24) is 0 Å². The Bertz CT molecular complexity index is 248. The molecule has 1 aromatic rings. The van der Waals surface area contributed by atoms with Gasteiger partial charge in [0.05, 0.1) is 6.61 Å². The Kier molecular flexibility index (Phi) is 3.88. The zero-order valence-electron chi connectivity index (χ0n) is 6.51. The van der Waals surface area contributed by atoms with Gasteiger partial charge >= 0.3 is 8.03 Å². The van der Waals surface area contributed by atoms with Gasteiger partial charge in [0.15, 0.2) is 0 Å². The van der Waals surface area contributed by atoms with Crippen LogP contribution in [0.2, 0.25) is 0 Å². The van der Waals surface area contributed by atoms with E-state index in [1.54, 1.807) is 0 Å². The summed E-state index contributed by atoms with van der Waals surface area (Å²) in [5.74, 6) is 0. The topological polar surface area (TPSA) is 46.5 Å². The molecule has 4 heteroatoms. The standard InChI is InChI=1S/C8H9O3P/c9-12(10)7-11-6-8-4-2-1-3-5-8/h1-5H,6-7H2/p+1. The minimum absolute atomic E-state index is 0.0930. The zero-order valence-corrected chi connectivity index (χ0v) is 7.41. The van der Waals surface area contributed by atoms with E-state index in [9.17, 15) is 4.57 Å². The fraction of sp³-hybridized carbons (Fsp3) is 0.250. The summed E-state index contributed by atoms with van der Waals surface area (Å²) >= 11 is 0. The fourth-order valence-corrected chi connectivity index (χ4v) is 1.06. The van der Waals surface area contributed by atoms with Crippen LogP contribution in [0.1, 0.15) is 5.56 Å². The lowest BCUT2D eigenvalue weighted by molar-refractivity contribution is 0.159. The second kappa shape index (κ2) is 4.99. The SMILES string of the molecule is O=[P+](O)COCc1ccccc1. The van der Waals surface area contributed by atoms with E-state index in [1.807, 2.05) is 30.3 Å². The Labute approximate surface area is 71.9 Å². The van der Waals surface area contributed by atoms with E-state index < -0.39 is 8.03 Å². The molecule has 1 atom stereocenters. The molecule has 3 nitrogen and oxygen atoms in total. The van der Waals surface area contributed by atoms with Crippen molar-refractivity contribution < 1.29 is 14.2 Å². The van der Waals surface area contributed by atoms with Gasteiger partial charge in [0.25, 0.3) is 6.35 Å². The van der Waals surface area contributed by atoms with E-state index in [1.165, 1.54) is 0 Å². The van der Waals surface area contributed by atoms with Gasteiger partial charge in [-0.1, -0.05) is 30.3 Å². The molecular weight excluding hydrogens is 175 g/mol. The van der Waals surface area contributed by atoms with Crippen LogP contribution >= 0.6 is 8.03 Å². The fourth-order valence-electron chi connectivity index (χ4n) is 0.816. The molecule has 0 radical (unpaired) electrons. The van der Waals surface area contributed by atoms with E-state index in [-0.39, 0.29) is 6.35 Å². The third kappa shape index (κ3) is 3.58. The predicted octanol–water partition coefficient (Wildman–Crippen LogP) is 1.90. The molecule has 0 bridgehead atoms. The molecule has 0 saturated carbocycles. The monoisotopic (exact) mass is 185 g/mol. The number of benzene rings is 1. The summed E-state index contributed by atoms with van der Waals surface area (Å²) in [4.78, 5) is 8.41. The van der Waals surface area contributed by atoms with Gasteiger partial charge < -0.3 is 4.74 Å². The van der Waals surface area contributed by atoms with E-state index >= 15 is 0 Å². The van der Waals surface area contributed by atoms with Gasteiger partial charge in [0.2, 0.25) is 0 Å². The molecule has 0 spiro atoms. The molecule has 0 fully saturated rings. The van der Waals surface area contributed by atoms with Crippen LogP contribution < -0.4 is 0 Å². The molecule has 1 unspecified atom stereocenters. The lowest BCUT2D eigenvalue weighted by Gasteiger charge is -1.96. The van der Waals surface area contributed by atoms with Crippen molar-refractivity contribution in [2.24, 2.45) is 0 Å².